The molecule has 88 valence electrons. The molecule has 0 amide bonds. The lowest BCUT2D eigenvalue weighted by Crippen LogP contribution is -2.27. The molecule has 0 aliphatic heterocycles. The molecule has 1 fully saturated rings. The minimum atomic E-state index is -0.525. The SMILES string of the molecule is NC1CCCCCC1c1ccc(F)cc1F. The zero-order chi connectivity index (χ0) is 11.5. The Morgan fingerprint density at radius 2 is 1.81 bits per heavy atom. The number of benzene rings is 1. The van der Waals surface area contributed by atoms with E-state index in [2.05, 4.69) is 0 Å². The van der Waals surface area contributed by atoms with Gasteiger partial charge in [0, 0.05) is 18.0 Å². The first kappa shape index (κ1) is 11.5. The summed E-state index contributed by atoms with van der Waals surface area (Å²) in [7, 11) is 0. The highest BCUT2D eigenvalue weighted by atomic mass is 19.1. The molecule has 0 spiro atoms. The van der Waals surface area contributed by atoms with Gasteiger partial charge in [-0.25, -0.2) is 8.78 Å². The van der Waals surface area contributed by atoms with E-state index in [1.54, 1.807) is 6.07 Å². The Labute approximate surface area is 94.7 Å². The summed E-state index contributed by atoms with van der Waals surface area (Å²) in [5, 5.41) is 0. The summed E-state index contributed by atoms with van der Waals surface area (Å²) < 4.78 is 26.5. The van der Waals surface area contributed by atoms with E-state index in [0.717, 1.165) is 38.2 Å². The molecule has 16 heavy (non-hydrogen) atoms. The third-order valence-electron chi connectivity index (χ3n) is 3.43. The van der Waals surface area contributed by atoms with Crippen molar-refractivity contribution in [3.63, 3.8) is 0 Å². The van der Waals surface area contributed by atoms with Gasteiger partial charge in [-0.15, -0.1) is 0 Å². The fourth-order valence-electron chi connectivity index (χ4n) is 2.52. The van der Waals surface area contributed by atoms with Crippen molar-refractivity contribution in [2.24, 2.45) is 5.73 Å². The van der Waals surface area contributed by atoms with Gasteiger partial charge in [-0.1, -0.05) is 25.3 Å². The van der Waals surface area contributed by atoms with Crippen molar-refractivity contribution in [1.29, 1.82) is 0 Å². The van der Waals surface area contributed by atoms with Crippen molar-refractivity contribution >= 4 is 0 Å². The summed E-state index contributed by atoms with van der Waals surface area (Å²) in [6.45, 7) is 0. The zero-order valence-corrected chi connectivity index (χ0v) is 9.26. The van der Waals surface area contributed by atoms with Gasteiger partial charge in [-0.2, -0.15) is 0 Å². The van der Waals surface area contributed by atoms with Crippen LogP contribution in [0.2, 0.25) is 0 Å². The third kappa shape index (κ3) is 2.40. The van der Waals surface area contributed by atoms with Gasteiger partial charge in [0.05, 0.1) is 0 Å². The predicted octanol–water partition coefficient (Wildman–Crippen LogP) is 3.34. The fourth-order valence-corrected chi connectivity index (χ4v) is 2.52. The minimum absolute atomic E-state index is 0.00228. The Morgan fingerprint density at radius 3 is 2.56 bits per heavy atom. The number of hydrogen-bond donors (Lipinski definition) is 1. The van der Waals surface area contributed by atoms with E-state index < -0.39 is 11.6 Å². The van der Waals surface area contributed by atoms with Crippen LogP contribution in [-0.4, -0.2) is 6.04 Å². The van der Waals surface area contributed by atoms with Crippen LogP contribution in [0.1, 0.15) is 43.6 Å². The Kier molecular flexibility index (Phi) is 3.54. The van der Waals surface area contributed by atoms with Crippen molar-refractivity contribution in [1.82, 2.24) is 0 Å². The minimum Gasteiger partial charge on any atom is -0.327 e. The second-order valence-electron chi connectivity index (χ2n) is 4.57. The van der Waals surface area contributed by atoms with Crippen molar-refractivity contribution in [2.75, 3.05) is 0 Å². The molecule has 0 saturated heterocycles. The second kappa shape index (κ2) is 4.91. The summed E-state index contributed by atoms with van der Waals surface area (Å²) in [4.78, 5) is 0. The lowest BCUT2D eigenvalue weighted by molar-refractivity contribution is 0.475. The van der Waals surface area contributed by atoms with E-state index in [4.69, 9.17) is 5.73 Å². The quantitative estimate of drug-likeness (QED) is 0.729. The topological polar surface area (TPSA) is 26.0 Å². The first-order valence-corrected chi connectivity index (χ1v) is 5.89. The van der Waals surface area contributed by atoms with E-state index in [9.17, 15) is 8.78 Å². The van der Waals surface area contributed by atoms with Crippen molar-refractivity contribution in [3.05, 3.63) is 35.4 Å². The average molecular weight is 225 g/mol. The largest absolute Gasteiger partial charge is 0.327 e. The molecule has 3 heteroatoms. The molecule has 1 aliphatic rings. The second-order valence-corrected chi connectivity index (χ2v) is 4.57. The molecule has 2 atom stereocenters. The number of halogens is 2. The lowest BCUT2D eigenvalue weighted by atomic mass is 9.88. The standard InChI is InChI=1S/C13H17F2N/c14-9-6-7-10(12(15)8-9)11-4-2-1-3-5-13(11)16/h6-8,11,13H,1-5,16H2. The highest BCUT2D eigenvalue weighted by Crippen LogP contribution is 2.32. The van der Waals surface area contributed by atoms with Crippen LogP contribution >= 0.6 is 0 Å². The number of rotatable bonds is 1. The van der Waals surface area contributed by atoms with Gasteiger partial charge in [0.15, 0.2) is 0 Å². The van der Waals surface area contributed by atoms with Gasteiger partial charge >= 0.3 is 0 Å². The molecular formula is C13H17F2N. The smallest absolute Gasteiger partial charge is 0.129 e. The molecule has 0 radical (unpaired) electrons. The first-order chi connectivity index (χ1) is 7.68. The maximum atomic E-state index is 13.6. The maximum Gasteiger partial charge on any atom is 0.129 e. The van der Waals surface area contributed by atoms with Gasteiger partial charge in [0.1, 0.15) is 11.6 Å². The van der Waals surface area contributed by atoms with Crippen molar-refractivity contribution in [2.45, 2.75) is 44.1 Å². The van der Waals surface area contributed by atoms with Crippen LogP contribution in [0.25, 0.3) is 0 Å². The molecule has 2 rings (SSSR count). The predicted molar refractivity (Wildman–Crippen MR) is 60.2 cm³/mol. The van der Waals surface area contributed by atoms with Gasteiger partial charge in [-0.05, 0) is 24.5 Å². The van der Waals surface area contributed by atoms with Crippen LogP contribution in [0, 0.1) is 11.6 Å². The summed E-state index contributed by atoms with van der Waals surface area (Å²) in [5.74, 6) is -0.936. The van der Waals surface area contributed by atoms with Crippen LogP contribution in [0.4, 0.5) is 8.78 Å². The van der Waals surface area contributed by atoms with E-state index in [1.165, 1.54) is 6.07 Å². The Hall–Kier alpha value is -0.960. The first-order valence-electron chi connectivity index (χ1n) is 5.89. The monoisotopic (exact) mass is 225 g/mol. The normalized spacial score (nSPS) is 26.4. The van der Waals surface area contributed by atoms with Gasteiger partial charge < -0.3 is 5.73 Å². The van der Waals surface area contributed by atoms with E-state index in [0.29, 0.717) is 5.56 Å². The van der Waals surface area contributed by atoms with Crippen LogP contribution in [0.3, 0.4) is 0 Å². The van der Waals surface area contributed by atoms with Crippen LogP contribution in [0.15, 0.2) is 18.2 Å². The summed E-state index contributed by atoms with van der Waals surface area (Å²) in [6.07, 6.45) is 5.19. The van der Waals surface area contributed by atoms with Gasteiger partial charge in [-0.3, -0.25) is 0 Å². The Morgan fingerprint density at radius 1 is 1.06 bits per heavy atom. The highest BCUT2D eigenvalue weighted by Gasteiger charge is 2.24. The highest BCUT2D eigenvalue weighted by molar-refractivity contribution is 5.24. The molecule has 1 saturated carbocycles. The van der Waals surface area contributed by atoms with Crippen molar-refractivity contribution < 1.29 is 8.78 Å². The fraction of sp³-hybridized carbons (Fsp3) is 0.538. The molecule has 0 aromatic heterocycles. The van der Waals surface area contributed by atoms with Crippen molar-refractivity contribution in [3.8, 4) is 0 Å². The zero-order valence-electron chi connectivity index (χ0n) is 9.26. The number of hydrogen-bond acceptors (Lipinski definition) is 1. The van der Waals surface area contributed by atoms with E-state index in [1.807, 2.05) is 0 Å². The summed E-state index contributed by atoms with van der Waals surface area (Å²) in [6, 6.07) is 3.81. The van der Waals surface area contributed by atoms with E-state index in [-0.39, 0.29) is 12.0 Å². The molecule has 1 nitrogen and oxygen atoms in total. The molecule has 2 N–H and O–H groups in total. The Balaban J connectivity index is 2.27. The third-order valence-corrected chi connectivity index (χ3v) is 3.43. The van der Waals surface area contributed by atoms with Gasteiger partial charge in [0.2, 0.25) is 0 Å². The van der Waals surface area contributed by atoms with E-state index >= 15 is 0 Å². The van der Waals surface area contributed by atoms with Crippen LogP contribution in [-0.2, 0) is 0 Å². The maximum absolute atomic E-state index is 13.6. The summed E-state index contributed by atoms with van der Waals surface area (Å²) in [5.41, 5.74) is 6.64. The summed E-state index contributed by atoms with van der Waals surface area (Å²) >= 11 is 0. The number of nitrogens with two attached hydrogens (primary N) is 1. The average Bonchev–Trinajstić information content (AvgIpc) is 2.44. The lowest BCUT2D eigenvalue weighted by Gasteiger charge is -2.22. The van der Waals surface area contributed by atoms with Crippen LogP contribution < -0.4 is 5.73 Å². The van der Waals surface area contributed by atoms with Crippen LogP contribution in [0.5, 0.6) is 0 Å². The molecular weight excluding hydrogens is 208 g/mol. The molecule has 0 bridgehead atoms. The Bertz CT molecular complexity index is 365. The molecule has 2 unspecified atom stereocenters. The molecule has 0 heterocycles. The molecule has 1 aromatic carbocycles. The molecule has 1 aromatic rings. The molecule has 1 aliphatic carbocycles. The van der Waals surface area contributed by atoms with Gasteiger partial charge in [0.25, 0.3) is 0 Å².